The second kappa shape index (κ2) is 7.61. The molecule has 2 heteroatoms. The molecule has 124 valence electrons. The van der Waals surface area contributed by atoms with E-state index in [2.05, 4.69) is 69.1 Å². The van der Waals surface area contributed by atoms with E-state index in [-0.39, 0.29) is 5.41 Å². The molecule has 0 aromatic heterocycles. The summed E-state index contributed by atoms with van der Waals surface area (Å²) in [4.78, 5) is 2.67. The zero-order valence-electron chi connectivity index (χ0n) is 15.2. The van der Waals surface area contributed by atoms with Crippen molar-refractivity contribution in [3.05, 3.63) is 35.4 Å². The van der Waals surface area contributed by atoms with E-state index in [1.807, 2.05) is 0 Å². The van der Waals surface area contributed by atoms with Gasteiger partial charge in [0.05, 0.1) is 0 Å². The van der Waals surface area contributed by atoms with E-state index < -0.39 is 0 Å². The number of nitrogens with one attached hydrogen (secondary N) is 1. The summed E-state index contributed by atoms with van der Waals surface area (Å²) in [5.74, 6) is 0.777. The molecule has 1 N–H and O–H groups in total. The standard InChI is InChI=1S/C20H34N2/c1-16(2)6-11-19(22-14-12-21-13-15-22)17-7-9-18(10-8-17)20(3,4)5/h7-10,16,19,21H,6,11-15H2,1-5H3/t19-/m0/s1. The number of benzene rings is 1. The Morgan fingerprint density at radius 3 is 2.09 bits per heavy atom. The van der Waals surface area contributed by atoms with Gasteiger partial charge in [-0.05, 0) is 35.3 Å². The van der Waals surface area contributed by atoms with Gasteiger partial charge in [0.15, 0.2) is 0 Å². The van der Waals surface area contributed by atoms with Crippen LogP contribution in [0.1, 0.15) is 64.6 Å². The molecule has 2 rings (SSSR count). The predicted octanol–water partition coefficient (Wildman–Crippen LogP) is 4.37. The third-order valence-corrected chi connectivity index (χ3v) is 4.77. The molecular formula is C20H34N2. The third kappa shape index (κ3) is 4.82. The largest absolute Gasteiger partial charge is 0.314 e. The second-order valence-electron chi connectivity index (χ2n) is 8.14. The zero-order valence-corrected chi connectivity index (χ0v) is 15.2. The fourth-order valence-electron chi connectivity index (χ4n) is 3.25. The first kappa shape index (κ1) is 17.5. The molecule has 2 nitrogen and oxygen atoms in total. The van der Waals surface area contributed by atoms with Crippen LogP contribution < -0.4 is 5.32 Å². The van der Waals surface area contributed by atoms with E-state index in [1.165, 1.54) is 37.1 Å². The fourth-order valence-corrected chi connectivity index (χ4v) is 3.25. The fraction of sp³-hybridized carbons (Fsp3) is 0.700. The predicted molar refractivity (Wildman–Crippen MR) is 96.4 cm³/mol. The van der Waals surface area contributed by atoms with E-state index in [4.69, 9.17) is 0 Å². The number of rotatable bonds is 5. The summed E-state index contributed by atoms with van der Waals surface area (Å²) in [7, 11) is 0. The van der Waals surface area contributed by atoms with Crippen LogP contribution in [-0.4, -0.2) is 31.1 Å². The summed E-state index contributed by atoms with van der Waals surface area (Å²) in [6, 6.07) is 9.99. The SMILES string of the molecule is CC(C)CC[C@@H](c1ccc(C(C)(C)C)cc1)N1CCNCC1. The van der Waals surface area contributed by atoms with Gasteiger partial charge in [0.1, 0.15) is 0 Å². The van der Waals surface area contributed by atoms with Crippen LogP contribution in [0.4, 0.5) is 0 Å². The summed E-state index contributed by atoms with van der Waals surface area (Å²) in [5.41, 5.74) is 3.16. The zero-order chi connectivity index (χ0) is 16.2. The molecule has 1 aromatic rings. The molecule has 0 aliphatic carbocycles. The van der Waals surface area contributed by atoms with Crippen molar-refractivity contribution in [2.75, 3.05) is 26.2 Å². The maximum Gasteiger partial charge on any atom is 0.0349 e. The number of hydrogen-bond acceptors (Lipinski definition) is 2. The van der Waals surface area contributed by atoms with Crippen molar-refractivity contribution in [2.24, 2.45) is 5.92 Å². The van der Waals surface area contributed by atoms with Gasteiger partial charge in [0, 0.05) is 32.2 Å². The lowest BCUT2D eigenvalue weighted by Crippen LogP contribution is -2.45. The minimum Gasteiger partial charge on any atom is -0.314 e. The topological polar surface area (TPSA) is 15.3 Å². The summed E-state index contributed by atoms with van der Waals surface area (Å²) in [6.45, 7) is 16.1. The smallest absolute Gasteiger partial charge is 0.0349 e. The highest BCUT2D eigenvalue weighted by atomic mass is 15.2. The Morgan fingerprint density at radius 2 is 1.59 bits per heavy atom. The van der Waals surface area contributed by atoms with Crippen molar-refractivity contribution in [1.29, 1.82) is 0 Å². The Hall–Kier alpha value is -0.860. The van der Waals surface area contributed by atoms with E-state index in [1.54, 1.807) is 0 Å². The van der Waals surface area contributed by atoms with E-state index in [0.29, 0.717) is 6.04 Å². The van der Waals surface area contributed by atoms with Gasteiger partial charge in [0.2, 0.25) is 0 Å². The van der Waals surface area contributed by atoms with Crippen LogP contribution >= 0.6 is 0 Å². The van der Waals surface area contributed by atoms with Gasteiger partial charge in [-0.2, -0.15) is 0 Å². The molecule has 0 radical (unpaired) electrons. The molecule has 22 heavy (non-hydrogen) atoms. The van der Waals surface area contributed by atoms with Crippen LogP contribution in [-0.2, 0) is 5.41 Å². The van der Waals surface area contributed by atoms with Gasteiger partial charge < -0.3 is 5.32 Å². The summed E-state index contributed by atoms with van der Waals surface area (Å²) < 4.78 is 0. The van der Waals surface area contributed by atoms with Crippen LogP contribution in [0.15, 0.2) is 24.3 Å². The van der Waals surface area contributed by atoms with E-state index >= 15 is 0 Å². The normalized spacial score (nSPS) is 18.6. The van der Waals surface area contributed by atoms with Gasteiger partial charge in [-0.25, -0.2) is 0 Å². The first-order chi connectivity index (χ1) is 10.4. The van der Waals surface area contributed by atoms with Gasteiger partial charge in [-0.1, -0.05) is 58.9 Å². The van der Waals surface area contributed by atoms with Gasteiger partial charge >= 0.3 is 0 Å². The number of nitrogens with zero attached hydrogens (tertiary/aromatic N) is 1. The third-order valence-electron chi connectivity index (χ3n) is 4.77. The lowest BCUT2D eigenvalue weighted by molar-refractivity contribution is 0.160. The molecule has 0 spiro atoms. The Balaban J connectivity index is 2.16. The highest BCUT2D eigenvalue weighted by Gasteiger charge is 2.23. The van der Waals surface area contributed by atoms with Crippen LogP contribution in [0, 0.1) is 5.92 Å². The lowest BCUT2D eigenvalue weighted by Gasteiger charge is -2.36. The summed E-state index contributed by atoms with van der Waals surface area (Å²) >= 11 is 0. The molecule has 1 fully saturated rings. The van der Waals surface area contributed by atoms with Gasteiger partial charge in [-0.3, -0.25) is 4.90 Å². The Bertz CT molecular complexity index is 436. The quantitative estimate of drug-likeness (QED) is 0.869. The van der Waals surface area contributed by atoms with Gasteiger partial charge in [-0.15, -0.1) is 0 Å². The Labute approximate surface area is 137 Å². The van der Waals surface area contributed by atoms with Crippen LogP contribution in [0.25, 0.3) is 0 Å². The highest BCUT2D eigenvalue weighted by Crippen LogP contribution is 2.30. The molecule has 1 aliphatic heterocycles. The van der Waals surface area contributed by atoms with Crippen molar-refractivity contribution in [3.8, 4) is 0 Å². The van der Waals surface area contributed by atoms with Crippen molar-refractivity contribution in [1.82, 2.24) is 10.2 Å². The molecule has 1 aliphatic rings. The highest BCUT2D eigenvalue weighted by molar-refractivity contribution is 5.29. The van der Waals surface area contributed by atoms with Crippen molar-refractivity contribution in [2.45, 2.75) is 58.9 Å². The molecule has 1 aromatic carbocycles. The summed E-state index contributed by atoms with van der Waals surface area (Å²) in [5, 5.41) is 3.47. The average molecular weight is 303 g/mol. The molecule has 0 saturated carbocycles. The van der Waals surface area contributed by atoms with Crippen LogP contribution in [0.2, 0.25) is 0 Å². The summed E-state index contributed by atoms with van der Waals surface area (Å²) in [6.07, 6.45) is 2.57. The first-order valence-electron chi connectivity index (χ1n) is 8.93. The maximum absolute atomic E-state index is 3.47. The Kier molecular flexibility index (Phi) is 6.05. The molecule has 0 amide bonds. The minimum absolute atomic E-state index is 0.237. The van der Waals surface area contributed by atoms with Gasteiger partial charge in [0.25, 0.3) is 0 Å². The number of piperazine rings is 1. The lowest BCUT2D eigenvalue weighted by atomic mass is 9.85. The monoisotopic (exact) mass is 302 g/mol. The molecule has 0 bridgehead atoms. The first-order valence-corrected chi connectivity index (χ1v) is 8.93. The number of hydrogen-bond donors (Lipinski definition) is 1. The molecule has 1 heterocycles. The molecule has 1 atom stereocenters. The van der Waals surface area contributed by atoms with Crippen molar-refractivity contribution >= 4 is 0 Å². The van der Waals surface area contributed by atoms with E-state index in [9.17, 15) is 0 Å². The van der Waals surface area contributed by atoms with Crippen molar-refractivity contribution in [3.63, 3.8) is 0 Å². The molecule has 1 saturated heterocycles. The maximum atomic E-state index is 3.47. The van der Waals surface area contributed by atoms with Crippen LogP contribution in [0.3, 0.4) is 0 Å². The molecule has 0 unspecified atom stereocenters. The van der Waals surface area contributed by atoms with Crippen molar-refractivity contribution < 1.29 is 0 Å². The second-order valence-corrected chi connectivity index (χ2v) is 8.14. The van der Waals surface area contributed by atoms with Crippen LogP contribution in [0.5, 0.6) is 0 Å². The molecular weight excluding hydrogens is 268 g/mol. The Morgan fingerprint density at radius 1 is 1.00 bits per heavy atom. The van der Waals surface area contributed by atoms with E-state index in [0.717, 1.165) is 19.0 Å². The average Bonchev–Trinajstić information content (AvgIpc) is 2.48. The minimum atomic E-state index is 0.237.